The molecule has 3 aliphatic rings. The second-order valence-electron chi connectivity index (χ2n) is 16.0. The van der Waals surface area contributed by atoms with Crippen molar-refractivity contribution in [3.63, 3.8) is 0 Å². The SMILES string of the molecule is CO[Si](OC)(OC)c1cc(-c2cccc3c2C=C(C2(C4=Cc5c(cccc5-c5cc([Si](OC)(OC)OC)cc([Si](OC)(OC)OC)c5)C4)CCCC2)C3)cc([Si](OC)(OC)OC)c1. The van der Waals surface area contributed by atoms with Gasteiger partial charge in [-0.05, 0) is 107 Å². The van der Waals surface area contributed by atoms with Crippen LogP contribution in [0.2, 0.25) is 0 Å². The summed E-state index contributed by atoms with van der Waals surface area (Å²) in [6, 6.07) is 25.7. The van der Waals surface area contributed by atoms with Crippen molar-refractivity contribution in [1.82, 2.24) is 0 Å². The van der Waals surface area contributed by atoms with Crippen LogP contribution in [0.3, 0.4) is 0 Å². The van der Waals surface area contributed by atoms with Crippen LogP contribution < -0.4 is 20.7 Å². The molecule has 0 heterocycles. The third-order valence-electron chi connectivity index (χ3n) is 13.6. The Hall–Kier alpha value is -3.25. The molecule has 0 amide bonds. The summed E-state index contributed by atoms with van der Waals surface area (Å²) < 4.78 is 72.0. The molecular formula is C47H62O12Si4. The van der Waals surface area contributed by atoms with Crippen LogP contribution >= 0.6 is 0 Å². The highest BCUT2D eigenvalue weighted by molar-refractivity contribution is 6.79. The van der Waals surface area contributed by atoms with E-state index in [4.69, 9.17) is 53.1 Å². The fourth-order valence-corrected chi connectivity index (χ4v) is 18.1. The van der Waals surface area contributed by atoms with E-state index in [9.17, 15) is 0 Å². The molecule has 338 valence electrons. The fraction of sp³-hybridized carbons (Fsp3) is 0.404. The molecule has 63 heavy (non-hydrogen) atoms. The van der Waals surface area contributed by atoms with Gasteiger partial charge in [-0.2, -0.15) is 0 Å². The average molecular weight is 931 g/mol. The van der Waals surface area contributed by atoms with Gasteiger partial charge in [0.2, 0.25) is 0 Å². The largest absolute Gasteiger partial charge is 0.536 e. The summed E-state index contributed by atoms with van der Waals surface area (Å²) in [5.41, 5.74) is 12.0. The Morgan fingerprint density at radius 3 is 0.937 bits per heavy atom. The summed E-state index contributed by atoms with van der Waals surface area (Å²) in [5.74, 6) is 0. The molecule has 1 fully saturated rings. The molecule has 0 aliphatic heterocycles. The van der Waals surface area contributed by atoms with Gasteiger partial charge >= 0.3 is 35.2 Å². The normalized spacial score (nSPS) is 16.3. The molecule has 7 rings (SSSR count). The lowest BCUT2D eigenvalue weighted by molar-refractivity contribution is 0.138. The molecule has 0 unspecified atom stereocenters. The Morgan fingerprint density at radius 2 is 0.667 bits per heavy atom. The van der Waals surface area contributed by atoms with Crippen molar-refractivity contribution in [3.8, 4) is 22.3 Å². The van der Waals surface area contributed by atoms with Crippen LogP contribution in [0.25, 0.3) is 34.4 Å². The molecule has 1 saturated carbocycles. The lowest BCUT2D eigenvalue weighted by Crippen LogP contribution is -2.59. The zero-order valence-electron chi connectivity index (χ0n) is 38.7. The molecule has 0 spiro atoms. The predicted octanol–water partition coefficient (Wildman–Crippen LogP) is 5.50. The van der Waals surface area contributed by atoms with E-state index in [2.05, 4.69) is 72.8 Å². The van der Waals surface area contributed by atoms with Crippen LogP contribution in [-0.2, 0) is 66.0 Å². The Kier molecular flexibility index (Phi) is 14.6. The molecule has 16 heteroatoms. The van der Waals surface area contributed by atoms with E-state index in [0.717, 1.165) is 68.7 Å². The van der Waals surface area contributed by atoms with Crippen molar-refractivity contribution in [1.29, 1.82) is 0 Å². The molecule has 0 N–H and O–H groups in total. The third-order valence-corrected chi connectivity index (χ3v) is 24.0. The van der Waals surface area contributed by atoms with Crippen LogP contribution in [0, 0.1) is 5.41 Å². The predicted molar refractivity (Wildman–Crippen MR) is 254 cm³/mol. The Balaban J connectivity index is 1.36. The van der Waals surface area contributed by atoms with E-state index in [-0.39, 0.29) is 5.41 Å². The van der Waals surface area contributed by atoms with E-state index in [0.29, 0.717) is 0 Å². The topological polar surface area (TPSA) is 111 Å². The summed E-state index contributed by atoms with van der Waals surface area (Å²) >= 11 is 0. The third kappa shape index (κ3) is 8.00. The number of hydrogen-bond acceptors (Lipinski definition) is 12. The summed E-state index contributed by atoms with van der Waals surface area (Å²) in [6.07, 6.45) is 11.2. The maximum Gasteiger partial charge on any atom is 0.536 e. The van der Waals surface area contributed by atoms with Gasteiger partial charge in [-0.25, -0.2) is 0 Å². The number of allylic oxidation sites excluding steroid dienone is 2. The number of rotatable bonds is 20. The molecule has 4 aromatic rings. The van der Waals surface area contributed by atoms with Crippen LogP contribution in [0.5, 0.6) is 0 Å². The first-order chi connectivity index (χ1) is 30.5. The molecule has 12 nitrogen and oxygen atoms in total. The van der Waals surface area contributed by atoms with Crippen molar-refractivity contribution in [2.75, 3.05) is 85.3 Å². The number of benzene rings is 4. The minimum absolute atomic E-state index is 0.0878. The summed E-state index contributed by atoms with van der Waals surface area (Å²) in [6.45, 7) is 0. The smallest absolute Gasteiger partial charge is 0.373 e. The van der Waals surface area contributed by atoms with Crippen LogP contribution in [0.1, 0.15) is 47.9 Å². The molecule has 0 aromatic heterocycles. The molecule has 0 bridgehead atoms. The van der Waals surface area contributed by atoms with Gasteiger partial charge in [0, 0.05) is 111 Å². The van der Waals surface area contributed by atoms with Gasteiger partial charge in [0.05, 0.1) is 0 Å². The Morgan fingerprint density at radius 1 is 0.381 bits per heavy atom. The van der Waals surface area contributed by atoms with Gasteiger partial charge < -0.3 is 53.1 Å². The zero-order chi connectivity index (χ0) is 45.2. The van der Waals surface area contributed by atoms with E-state index in [1.807, 2.05) is 12.1 Å². The van der Waals surface area contributed by atoms with Gasteiger partial charge in [-0.1, -0.05) is 72.5 Å². The minimum Gasteiger partial charge on any atom is -0.373 e. The van der Waals surface area contributed by atoms with Gasteiger partial charge in [0.25, 0.3) is 0 Å². The zero-order valence-corrected chi connectivity index (χ0v) is 42.7. The second-order valence-corrected chi connectivity index (χ2v) is 27.7. The van der Waals surface area contributed by atoms with E-state index in [1.165, 1.54) is 46.2 Å². The monoisotopic (exact) mass is 930 g/mol. The van der Waals surface area contributed by atoms with Crippen molar-refractivity contribution in [2.45, 2.75) is 38.5 Å². The first-order valence-corrected chi connectivity index (χ1v) is 28.0. The summed E-state index contributed by atoms with van der Waals surface area (Å²) in [4.78, 5) is 0. The van der Waals surface area contributed by atoms with Crippen molar-refractivity contribution in [3.05, 3.63) is 106 Å². The van der Waals surface area contributed by atoms with Crippen molar-refractivity contribution in [2.24, 2.45) is 5.41 Å². The van der Waals surface area contributed by atoms with Crippen LogP contribution in [0.15, 0.2) is 83.9 Å². The van der Waals surface area contributed by atoms with Gasteiger partial charge in [-0.3, -0.25) is 0 Å². The molecule has 0 radical (unpaired) electrons. The maximum atomic E-state index is 6.00. The quantitative estimate of drug-likeness (QED) is 0.105. The lowest BCUT2D eigenvalue weighted by atomic mass is 9.71. The molecule has 4 aromatic carbocycles. The number of hydrogen-bond donors (Lipinski definition) is 0. The lowest BCUT2D eigenvalue weighted by Gasteiger charge is -2.33. The van der Waals surface area contributed by atoms with Crippen LogP contribution in [0.4, 0.5) is 0 Å². The van der Waals surface area contributed by atoms with E-state index >= 15 is 0 Å². The van der Waals surface area contributed by atoms with E-state index in [1.54, 1.807) is 85.3 Å². The molecular weight excluding hydrogens is 869 g/mol. The van der Waals surface area contributed by atoms with Gasteiger partial charge in [0.1, 0.15) is 0 Å². The highest BCUT2D eigenvalue weighted by atomic mass is 28.4. The number of fused-ring (bicyclic) bond motifs is 2. The first kappa shape index (κ1) is 47.7. The highest BCUT2D eigenvalue weighted by Crippen LogP contribution is 2.56. The van der Waals surface area contributed by atoms with Crippen molar-refractivity contribution >= 4 is 68.1 Å². The maximum absolute atomic E-state index is 6.00. The summed E-state index contributed by atoms with van der Waals surface area (Å²) in [5, 5.41) is 3.16. The molecule has 0 saturated heterocycles. The first-order valence-electron chi connectivity index (χ1n) is 21.1. The Labute approximate surface area is 377 Å². The standard InChI is InChI=1S/C47H62O12Si4/c1-48-60(49-2,50-3)39-25-35(26-40(31-39)61(51-4,52-5)53-6)43-19-15-17-33-23-37(29-45(33)43)47(21-13-14-22-47)38-24-34-18-16-20-44(46(34)30-38)36-27-41(62(54-7,55-8)56-9)32-42(28-36)63(57-10,58-11)59-12/h15-20,25-32H,13-14,21-24H2,1-12H3. The van der Waals surface area contributed by atoms with Crippen LogP contribution in [-0.4, -0.2) is 121 Å². The molecule has 3 aliphatic carbocycles. The van der Waals surface area contributed by atoms with Gasteiger partial charge in [0.15, 0.2) is 0 Å². The van der Waals surface area contributed by atoms with E-state index < -0.39 is 35.2 Å². The van der Waals surface area contributed by atoms with Crippen molar-refractivity contribution < 1.29 is 53.1 Å². The summed E-state index contributed by atoms with van der Waals surface area (Å²) in [7, 11) is 6.26. The average Bonchev–Trinajstić information content (AvgIpc) is 4.12. The van der Waals surface area contributed by atoms with Gasteiger partial charge in [-0.15, -0.1) is 0 Å². The second kappa shape index (κ2) is 19.3. The highest BCUT2D eigenvalue weighted by Gasteiger charge is 2.49. The molecule has 0 atom stereocenters. The minimum atomic E-state index is -3.30. The fourth-order valence-electron chi connectivity index (χ4n) is 10.4. The Bertz CT molecular complexity index is 2080.